The number of carbonyl (C=O) groups is 3. The molecule has 0 aromatic heterocycles. The van der Waals surface area contributed by atoms with Crippen LogP contribution in [0.4, 0.5) is 0 Å². The molecule has 0 aliphatic heterocycles. The molecule has 5 rings (SSSR count). The molecule has 0 radical (unpaired) electrons. The van der Waals surface area contributed by atoms with Crippen LogP contribution in [-0.2, 0) is 19.1 Å². The van der Waals surface area contributed by atoms with Crippen LogP contribution in [0.2, 0.25) is 0 Å². The number of rotatable bonds is 9. The predicted octanol–water partition coefficient (Wildman–Crippen LogP) is 9.64. The number of esters is 1. The second-order valence-corrected chi connectivity index (χ2v) is 17.6. The van der Waals surface area contributed by atoms with E-state index in [9.17, 15) is 19.6 Å². The lowest BCUT2D eigenvalue weighted by Crippen LogP contribution is -2.62. The Balaban J connectivity index is 1.27. The zero-order valence-electron chi connectivity index (χ0n) is 29.4. The number of nitriles is 1. The SMILES string of the molecule is CC(C)(CCCCCC(=O)OC1CCCCC1)CC1CCC[C@]2(C)C1C(=O)C=C1[C@@]3(C)C=C(C#N)C(=O)C(C)(C)[C@@H]3CC[C@]12C. The number of Topliss-reactive ketones (excluding diaryl/α,β-unsaturated/α-hetero) is 1. The van der Waals surface area contributed by atoms with E-state index in [1.807, 2.05) is 26.0 Å². The van der Waals surface area contributed by atoms with Crippen molar-refractivity contribution in [1.82, 2.24) is 0 Å². The van der Waals surface area contributed by atoms with Crippen molar-refractivity contribution in [2.75, 3.05) is 0 Å². The Morgan fingerprint density at radius 1 is 0.956 bits per heavy atom. The molecular formula is C40H59NO4. The Morgan fingerprint density at radius 2 is 1.67 bits per heavy atom. The maximum Gasteiger partial charge on any atom is 0.306 e. The van der Waals surface area contributed by atoms with Gasteiger partial charge in [0.1, 0.15) is 12.2 Å². The van der Waals surface area contributed by atoms with Crippen molar-refractivity contribution >= 4 is 17.5 Å². The number of unbranched alkanes of at least 4 members (excludes halogenated alkanes) is 2. The van der Waals surface area contributed by atoms with Crippen molar-refractivity contribution in [1.29, 1.82) is 5.26 Å². The molecule has 0 spiro atoms. The van der Waals surface area contributed by atoms with E-state index in [1.54, 1.807) is 0 Å². The first-order valence-corrected chi connectivity index (χ1v) is 18.2. The molecule has 3 saturated carbocycles. The molecule has 6 atom stereocenters. The van der Waals surface area contributed by atoms with E-state index in [-0.39, 0.29) is 57.3 Å². The summed E-state index contributed by atoms with van der Waals surface area (Å²) in [5, 5.41) is 9.92. The van der Waals surface area contributed by atoms with Crippen LogP contribution in [0.1, 0.15) is 151 Å². The van der Waals surface area contributed by atoms with Gasteiger partial charge in [0, 0.05) is 23.2 Å². The summed E-state index contributed by atoms with van der Waals surface area (Å²) in [6.45, 7) is 15.7. The second kappa shape index (κ2) is 12.4. The number of fused-ring (bicyclic) bond motifs is 5. The van der Waals surface area contributed by atoms with Gasteiger partial charge in [-0.1, -0.05) is 85.8 Å². The smallest absolute Gasteiger partial charge is 0.306 e. The number of nitrogens with zero attached hydrogens (tertiary/aromatic N) is 1. The Bertz CT molecular complexity index is 1290. The van der Waals surface area contributed by atoms with Crippen LogP contribution >= 0.6 is 0 Å². The maximum atomic E-state index is 14.4. The van der Waals surface area contributed by atoms with Gasteiger partial charge >= 0.3 is 5.97 Å². The number of hydrogen-bond donors (Lipinski definition) is 0. The highest BCUT2D eigenvalue weighted by molar-refractivity contribution is 6.04. The topological polar surface area (TPSA) is 84.2 Å². The molecule has 5 nitrogen and oxygen atoms in total. The third kappa shape index (κ3) is 6.02. The van der Waals surface area contributed by atoms with Gasteiger partial charge in [0.25, 0.3) is 0 Å². The monoisotopic (exact) mass is 617 g/mol. The van der Waals surface area contributed by atoms with Gasteiger partial charge in [0.15, 0.2) is 11.6 Å². The molecule has 3 fully saturated rings. The van der Waals surface area contributed by atoms with Crippen LogP contribution in [0.3, 0.4) is 0 Å². The fourth-order valence-corrected chi connectivity index (χ4v) is 11.3. The fraction of sp³-hybridized carbons (Fsp3) is 0.800. The summed E-state index contributed by atoms with van der Waals surface area (Å²) in [7, 11) is 0. The zero-order valence-corrected chi connectivity index (χ0v) is 29.4. The normalized spacial score (nSPS) is 36.5. The van der Waals surface area contributed by atoms with E-state index in [4.69, 9.17) is 4.74 Å². The molecule has 5 heteroatoms. The Morgan fingerprint density at radius 3 is 2.36 bits per heavy atom. The summed E-state index contributed by atoms with van der Waals surface area (Å²) in [4.78, 5) is 40.0. The van der Waals surface area contributed by atoms with Gasteiger partial charge in [-0.2, -0.15) is 5.26 Å². The minimum Gasteiger partial charge on any atom is -0.462 e. The average Bonchev–Trinajstić information content (AvgIpc) is 2.96. The van der Waals surface area contributed by atoms with E-state index in [2.05, 4.69) is 40.7 Å². The number of hydrogen-bond acceptors (Lipinski definition) is 5. The van der Waals surface area contributed by atoms with E-state index in [0.717, 1.165) is 77.0 Å². The van der Waals surface area contributed by atoms with Gasteiger partial charge in [-0.15, -0.1) is 0 Å². The van der Waals surface area contributed by atoms with Gasteiger partial charge in [-0.05, 0) is 105 Å². The number of carbonyl (C=O) groups excluding carboxylic acids is 3. The van der Waals surface area contributed by atoms with Gasteiger partial charge in [0.05, 0.1) is 5.57 Å². The van der Waals surface area contributed by atoms with E-state index in [0.29, 0.717) is 12.3 Å². The largest absolute Gasteiger partial charge is 0.462 e. The van der Waals surface area contributed by atoms with Crippen LogP contribution in [0, 0.1) is 56.2 Å². The van der Waals surface area contributed by atoms with Crippen molar-refractivity contribution in [3.8, 4) is 6.07 Å². The number of ether oxygens (including phenoxy) is 1. The van der Waals surface area contributed by atoms with Gasteiger partial charge in [-0.25, -0.2) is 0 Å². The fourth-order valence-electron chi connectivity index (χ4n) is 11.3. The first kappa shape index (κ1) is 34.1. The highest BCUT2D eigenvalue weighted by Crippen LogP contribution is 2.71. The molecule has 2 unspecified atom stereocenters. The summed E-state index contributed by atoms with van der Waals surface area (Å²) < 4.78 is 5.71. The molecule has 45 heavy (non-hydrogen) atoms. The van der Waals surface area contributed by atoms with Crippen LogP contribution in [0.25, 0.3) is 0 Å². The highest BCUT2D eigenvalue weighted by atomic mass is 16.5. The Labute approximate surface area is 273 Å². The average molecular weight is 618 g/mol. The van der Waals surface area contributed by atoms with Crippen LogP contribution in [0.15, 0.2) is 23.3 Å². The minimum atomic E-state index is -0.633. The minimum absolute atomic E-state index is 0.00614. The Hall–Kier alpha value is -2.22. The van der Waals surface area contributed by atoms with Crippen molar-refractivity contribution < 1.29 is 19.1 Å². The van der Waals surface area contributed by atoms with E-state index >= 15 is 0 Å². The molecule has 5 aliphatic rings. The molecule has 248 valence electrons. The molecule has 5 aliphatic carbocycles. The zero-order chi connectivity index (χ0) is 32.8. The van der Waals surface area contributed by atoms with E-state index < -0.39 is 10.8 Å². The molecule has 0 saturated heterocycles. The maximum absolute atomic E-state index is 14.4. The highest BCUT2D eigenvalue weighted by Gasteiger charge is 2.66. The third-order valence-electron chi connectivity index (χ3n) is 13.8. The van der Waals surface area contributed by atoms with Crippen molar-refractivity contribution in [3.63, 3.8) is 0 Å². The van der Waals surface area contributed by atoms with Gasteiger partial charge in [0.2, 0.25) is 0 Å². The first-order chi connectivity index (χ1) is 21.1. The molecule has 0 heterocycles. The van der Waals surface area contributed by atoms with Crippen LogP contribution < -0.4 is 0 Å². The summed E-state index contributed by atoms with van der Waals surface area (Å²) >= 11 is 0. The van der Waals surface area contributed by atoms with Gasteiger partial charge < -0.3 is 4.74 Å². The molecule has 0 amide bonds. The summed E-state index contributed by atoms with van der Waals surface area (Å²) in [6.07, 6.45) is 20.6. The predicted molar refractivity (Wildman–Crippen MR) is 178 cm³/mol. The molecule has 0 aromatic rings. The summed E-state index contributed by atoms with van der Waals surface area (Å²) in [5.74, 6) is 0.630. The van der Waals surface area contributed by atoms with Crippen molar-refractivity contribution in [2.24, 2.45) is 44.8 Å². The Kier molecular flexibility index (Phi) is 9.42. The summed E-state index contributed by atoms with van der Waals surface area (Å²) in [6, 6.07) is 2.21. The molecule has 0 N–H and O–H groups in total. The number of ketones is 2. The standard InChI is InChI=1S/C40H59NO4/c1-36(2,20-13-9-12-18-33(43)45-29-16-10-8-11-17-29)24-27-15-14-21-40(7)34(27)30(42)23-32-38(5)25-28(26-41)35(44)37(3,4)31(38)19-22-39(32,40)6/h23,25,27,29,31,34H,8-22,24H2,1-7H3/t27?,31-,34?,38-,39+,40+/m0/s1. The lowest BCUT2D eigenvalue weighted by atomic mass is 9.37. The molecule has 0 aromatic carbocycles. The molecular weight excluding hydrogens is 558 g/mol. The first-order valence-electron chi connectivity index (χ1n) is 18.2. The van der Waals surface area contributed by atoms with Crippen LogP contribution in [0.5, 0.6) is 0 Å². The summed E-state index contributed by atoms with van der Waals surface area (Å²) in [5.41, 5.74) is 0.142. The van der Waals surface area contributed by atoms with E-state index in [1.165, 1.54) is 24.8 Å². The van der Waals surface area contributed by atoms with Crippen molar-refractivity contribution in [2.45, 2.75) is 157 Å². The second-order valence-electron chi connectivity index (χ2n) is 17.6. The third-order valence-corrected chi connectivity index (χ3v) is 13.8. The lowest BCUT2D eigenvalue weighted by molar-refractivity contribution is -0.150. The van der Waals surface area contributed by atoms with Gasteiger partial charge in [-0.3, -0.25) is 14.4 Å². The lowest BCUT2D eigenvalue weighted by Gasteiger charge is -2.66. The van der Waals surface area contributed by atoms with Crippen molar-refractivity contribution in [3.05, 3.63) is 23.3 Å². The molecule has 0 bridgehead atoms. The quantitative estimate of drug-likeness (QED) is 0.190. The number of allylic oxidation sites excluding steroid dienone is 4. The van der Waals surface area contributed by atoms with Crippen LogP contribution in [-0.4, -0.2) is 23.6 Å².